The van der Waals surface area contributed by atoms with Crippen LogP contribution in [-0.2, 0) is 0 Å². The maximum absolute atomic E-state index is 5.24. The van der Waals surface area contributed by atoms with Gasteiger partial charge in [0.15, 0.2) is 0 Å². The molecule has 0 radical (unpaired) electrons. The lowest BCUT2D eigenvalue weighted by atomic mass is 9.87. The van der Waals surface area contributed by atoms with Gasteiger partial charge in [-0.1, -0.05) is 127 Å². The van der Waals surface area contributed by atoms with Crippen molar-refractivity contribution < 1.29 is 0 Å². The van der Waals surface area contributed by atoms with E-state index >= 15 is 0 Å². The maximum Gasteiger partial charge on any atom is 0.0721 e. The van der Waals surface area contributed by atoms with Crippen LogP contribution in [0.15, 0.2) is 140 Å². The molecule has 0 fully saturated rings. The Morgan fingerprint density at radius 2 is 1.06 bits per heavy atom. The fourth-order valence-corrected chi connectivity index (χ4v) is 5.10. The molecule has 0 amide bonds. The molecule has 0 spiro atoms. The van der Waals surface area contributed by atoms with Crippen molar-refractivity contribution in [1.29, 1.82) is 0 Å². The first kappa shape index (κ1) is 22.0. The van der Waals surface area contributed by atoms with E-state index in [1.54, 1.807) is 0 Å². The van der Waals surface area contributed by atoms with Crippen LogP contribution < -0.4 is 0 Å². The van der Waals surface area contributed by atoms with Crippen molar-refractivity contribution in [2.24, 2.45) is 0 Å². The number of pyridine rings is 1. The number of benzene rings is 4. The lowest BCUT2D eigenvalue weighted by Crippen LogP contribution is -1.95. The van der Waals surface area contributed by atoms with Crippen LogP contribution >= 0.6 is 0 Å². The minimum Gasteiger partial charge on any atom is -0.248 e. The number of hydrogen-bond donors (Lipinski definition) is 0. The lowest BCUT2D eigenvalue weighted by Gasteiger charge is -2.17. The first-order valence-electron chi connectivity index (χ1n) is 12.5. The Morgan fingerprint density at radius 3 is 1.78 bits per heavy atom. The summed E-state index contributed by atoms with van der Waals surface area (Å²) in [5.74, 6) is 0. The lowest BCUT2D eigenvalue weighted by molar-refractivity contribution is 1.24. The molecule has 0 saturated carbocycles. The molecule has 1 aromatic heterocycles. The molecule has 4 aromatic carbocycles. The summed E-state index contributed by atoms with van der Waals surface area (Å²) in [6.07, 6.45) is 16.9. The van der Waals surface area contributed by atoms with E-state index in [0.717, 1.165) is 24.2 Å². The molecule has 172 valence electrons. The summed E-state index contributed by atoms with van der Waals surface area (Å²) in [5, 5.41) is 4.95. The number of aromatic nitrogens is 1. The van der Waals surface area contributed by atoms with Crippen LogP contribution in [0, 0.1) is 0 Å². The van der Waals surface area contributed by atoms with Crippen LogP contribution in [0.2, 0.25) is 0 Å². The molecule has 0 unspecified atom stereocenters. The summed E-state index contributed by atoms with van der Waals surface area (Å²) in [6.45, 7) is 0. The number of fused-ring (bicyclic) bond motifs is 2. The van der Waals surface area contributed by atoms with Gasteiger partial charge in [0.2, 0.25) is 0 Å². The van der Waals surface area contributed by atoms with Crippen LogP contribution in [-0.4, -0.2) is 4.98 Å². The molecule has 0 N–H and O–H groups in total. The quantitative estimate of drug-likeness (QED) is 0.244. The fourth-order valence-electron chi connectivity index (χ4n) is 5.10. The Labute approximate surface area is 212 Å². The highest BCUT2D eigenvalue weighted by atomic mass is 14.7. The third-order valence-electron chi connectivity index (χ3n) is 6.75. The first-order chi connectivity index (χ1) is 17.9. The summed E-state index contributed by atoms with van der Waals surface area (Å²) < 4.78 is 0. The molecule has 1 heterocycles. The van der Waals surface area contributed by atoms with Gasteiger partial charge in [-0.25, -0.2) is 4.98 Å². The van der Waals surface area contributed by atoms with Crippen molar-refractivity contribution in [2.75, 3.05) is 0 Å². The summed E-state index contributed by atoms with van der Waals surface area (Å²) in [5.41, 5.74) is 6.95. The third-order valence-corrected chi connectivity index (χ3v) is 6.75. The first-order valence-corrected chi connectivity index (χ1v) is 12.5. The maximum atomic E-state index is 5.24. The average Bonchev–Trinajstić information content (AvgIpc) is 2.95. The van der Waals surface area contributed by atoms with Gasteiger partial charge in [-0.15, -0.1) is 0 Å². The molecule has 1 nitrogen and oxygen atoms in total. The van der Waals surface area contributed by atoms with E-state index in [-0.39, 0.29) is 0 Å². The monoisotopic (exact) mass is 461 g/mol. The van der Waals surface area contributed by atoms with Gasteiger partial charge >= 0.3 is 0 Å². The second-order valence-electron chi connectivity index (χ2n) is 9.03. The minimum atomic E-state index is 0.847. The van der Waals surface area contributed by atoms with E-state index in [4.69, 9.17) is 4.98 Å². The molecule has 1 aliphatic carbocycles. The van der Waals surface area contributed by atoms with Gasteiger partial charge in [-0.2, -0.15) is 0 Å². The molecule has 0 aliphatic heterocycles. The summed E-state index contributed by atoms with van der Waals surface area (Å²) in [4.78, 5) is 5.24. The Morgan fingerprint density at radius 1 is 0.472 bits per heavy atom. The summed E-state index contributed by atoms with van der Waals surface area (Å²) in [7, 11) is 0. The normalized spacial score (nSPS) is 17.8. The largest absolute Gasteiger partial charge is 0.248 e. The molecule has 5 aromatic rings. The van der Waals surface area contributed by atoms with Crippen LogP contribution in [0.5, 0.6) is 0 Å². The zero-order chi connectivity index (χ0) is 24.2. The fraction of sp³-hybridized carbons (Fsp3) is 0.0571. The van der Waals surface area contributed by atoms with E-state index < -0.39 is 0 Å². The molecule has 1 heteroatoms. The molecule has 0 atom stereocenters. The predicted octanol–water partition coefficient (Wildman–Crippen LogP) is 9.57. The minimum absolute atomic E-state index is 0.847. The molecule has 1 aliphatic rings. The zero-order valence-electron chi connectivity index (χ0n) is 20.1. The second kappa shape index (κ2) is 10.0. The van der Waals surface area contributed by atoms with Crippen molar-refractivity contribution in [3.63, 3.8) is 0 Å². The third kappa shape index (κ3) is 4.21. The van der Waals surface area contributed by atoms with E-state index in [1.165, 1.54) is 43.8 Å². The predicted molar refractivity (Wildman–Crippen MR) is 155 cm³/mol. The van der Waals surface area contributed by atoms with Gasteiger partial charge in [0.05, 0.1) is 11.4 Å². The van der Waals surface area contributed by atoms with Crippen molar-refractivity contribution in [3.8, 4) is 22.4 Å². The van der Waals surface area contributed by atoms with Crippen molar-refractivity contribution in [1.82, 2.24) is 4.98 Å². The highest BCUT2D eigenvalue weighted by Gasteiger charge is 2.17. The highest BCUT2D eigenvalue weighted by Crippen LogP contribution is 2.43. The zero-order valence-corrected chi connectivity index (χ0v) is 20.1. The molecular formula is C35H27N. The van der Waals surface area contributed by atoms with Gasteiger partial charge in [-0.3, -0.25) is 0 Å². The molecular weight excluding hydrogens is 434 g/mol. The van der Waals surface area contributed by atoms with Crippen molar-refractivity contribution in [2.45, 2.75) is 12.8 Å². The van der Waals surface area contributed by atoms with Crippen molar-refractivity contribution in [3.05, 3.63) is 145 Å². The highest BCUT2D eigenvalue weighted by molar-refractivity contribution is 6.21. The van der Waals surface area contributed by atoms with Gasteiger partial charge in [-0.05, 0) is 63.2 Å². The van der Waals surface area contributed by atoms with Gasteiger partial charge in [0, 0.05) is 5.56 Å². The van der Waals surface area contributed by atoms with E-state index in [0.29, 0.717) is 0 Å². The SMILES string of the molecule is C1=C\C/C=C\C=C(\c2cccc(-c3c4ccccc4c(-c4ccccc4)c4ccccc34)n2)C\C=C/1. The van der Waals surface area contributed by atoms with Crippen molar-refractivity contribution >= 4 is 27.1 Å². The number of allylic oxidation sites excluding steroid dienone is 8. The molecule has 0 saturated heterocycles. The van der Waals surface area contributed by atoms with E-state index in [9.17, 15) is 0 Å². The molecule has 36 heavy (non-hydrogen) atoms. The van der Waals surface area contributed by atoms with Gasteiger partial charge < -0.3 is 0 Å². The van der Waals surface area contributed by atoms with Crippen LogP contribution in [0.3, 0.4) is 0 Å². The summed E-state index contributed by atoms with van der Waals surface area (Å²) in [6, 6.07) is 34.6. The topological polar surface area (TPSA) is 12.9 Å². The smallest absolute Gasteiger partial charge is 0.0721 e. The Kier molecular flexibility index (Phi) is 6.12. The Hall–Kier alpha value is -4.49. The molecule has 6 rings (SSSR count). The average molecular weight is 462 g/mol. The Bertz CT molecular complexity index is 1610. The second-order valence-corrected chi connectivity index (χ2v) is 9.03. The Balaban J connectivity index is 1.60. The van der Waals surface area contributed by atoms with E-state index in [1.807, 2.05) is 0 Å². The molecule has 0 bridgehead atoms. The summed E-state index contributed by atoms with van der Waals surface area (Å²) >= 11 is 0. The number of nitrogens with zero attached hydrogens (tertiary/aromatic N) is 1. The standard InChI is InChI=1S/C35H27N/c1-2-4-7-16-26(17-8-5-3-1)32-24-15-25-33(36-32)35-30-22-13-11-20-28(30)34(27-18-9-6-10-19-27)29-21-12-14-23-31(29)35/h1-2,4-15,17-25H,3,16H2/b2-1-,7-4-,8-5-,26-17+. The number of hydrogen-bond acceptors (Lipinski definition) is 1. The number of rotatable bonds is 3. The van der Waals surface area contributed by atoms with E-state index in [2.05, 4.69) is 140 Å². The van der Waals surface area contributed by atoms with Crippen LogP contribution in [0.25, 0.3) is 49.5 Å². The van der Waals surface area contributed by atoms with Crippen LogP contribution in [0.4, 0.5) is 0 Å². The van der Waals surface area contributed by atoms with Gasteiger partial charge in [0.25, 0.3) is 0 Å². The van der Waals surface area contributed by atoms with Crippen LogP contribution in [0.1, 0.15) is 18.5 Å². The van der Waals surface area contributed by atoms with Gasteiger partial charge in [0.1, 0.15) is 0 Å².